The summed E-state index contributed by atoms with van der Waals surface area (Å²) in [6, 6.07) is 0. The molecule has 2 atom stereocenters. The van der Waals surface area contributed by atoms with Crippen LogP contribution in [0.4, 0.5) is 8.78 Å². The van der Waals surface area contributed by atoms with Crippen LogP contribution in [0.5, 0.6) is 0 Å². The first-order valence-corrected chi connectivity index (χ1v) is 5.80. The molecular weight excluding hydrogens is 186 g/mol. The van der Waals surface area contributed by atoms with Crippen LogP contribution in [0.15, 0.2) is 0 Å². The van der Waals surface area contributed by atoms with Gasteiger partial charge in [-0.25, -0.2) is 17.2 Å². The Kier molecular flexibility index (Phi) is 3.04. The fourth-order valence-corrected chi connectivity index (χ4v) is 2.92. The highest BCUT2D eigenvalue weighted by atomic mass is 32.2. The number of alkyl halides is 2. The van der Waals surface area contributed by atoms with Gasteiger partial charge in [0.1, 0.15) is 12.3 Å². The number of halogens is 2. The summed E-state index contributed by atoms with van der Waals surface area (Å²) in [5.74, 6) is -1.01. The minimum absolute atomic E-state index is 0.166. The molecule has 0 bridgehead atoms. The Balaban J connectivity index is 2.64. The fourth-order valence-electron chi connectivity index (χ4n) is 1.35. The lowest BCUT2D eigenvalue weighted by Gasteiger charge is -2.15. The lowest BCUT2D eigenvalue weighted by molar-refractivity contribution is 0.283. The van der Waals surface area contributed by atoms with E-state index in [2.05, 4.69) is 0 Å². The normalized spacial score (nSPS) is 36.8. The zero-order valence-corrected chi connectivity index (χ0v) is 7.49. The van der Waals surface area contributed by atoms with E-state index >= 15 is 0 Å². The third-order valence-corrected chi connectivity index (χ3v) is 3.64. The molecule has 0 radical (unpaired) electrons. The molecule has 1 saturated heterocycles. The van der Waals surface area contributed by atoms with Gasteiger partial charge in [0, 0.05) is 0 Å². The zero-order chi connectivity index (χ0) is 9.19. The Bertz CT molecular complexity index is 220. The molecule has 0 aromatic rings. The standard InChI is InChI=1S/C7H12F2O2S/c8-6-2-1-3-7(9)5-12(10,11)4-6/h6-7H,1-5H2. The minimum Gasteiger partial charge on any atom is -0.246 e. The second-order valence-electron chi connectivity index (χ2n) is 3.20. The molecule has 2 nitrogen and oxygen atoms in total. The van der Waals surface area contributed by atoms with Crippen LogP contribution in [0.3, 0.4) is 0 Å². The highest BCUT2D eigenvalue weighted by Crippen LogP contribution is 2.17. The van der Waals surface area contributed by atoms with Crippen LogP contribution >= 0.6 is 0 Å². The van der Waals surface area contributed by atoms with Gasteiger partial charge in [0.05, 0.1) is 11.5 Å². The monoisotopic (exact) mass is 198 g/mol. The van der Waals surface area contributed by atoms with Crippen molar-refractivity contribution in [3.8, 4) is 0 Å². The van der Waals surface area contributed by atoms with Gasteiger partial charge in [-0.05, 0) is 19.3 Å². The molecular formula is C7H12F2O2S. The Morgan fingerprint density at radius 2 is 1.42 bits per heavy atom. The topological polar surface area (TPSA) is 34.1 Å². The van der Waals surface area contributed by atoms with Crippen LogP contribution in [-0.2, 0) is 9.84 Å². The lowest BCUT2D eigenvalue weighted by Crippen LogP contribution is -2.27. The maximum atomic E-state index is 12.7. The van der Waals surface area contributed by atoms with Crippen LogP contribution in [0, 0.1) is 0 Å². The van der Waals surface area contributed by atoms with E-state index in [1.165, 1.54) is 0 Å². The first-order chi connectivity index (χ1) is 5.49. The number of rotatable bonds is 0. The number of hydrogen-bond donors (Lipinski definition) is 0. The molecule has 2 unspecified atom stereocenters. The van der Waals surface area contributed by atoms with E-state index in [0.29, 0.717) is 6.42 Å². The average Bonchev–Trinajstić information content (AvgIpc) is 1.81. The van der Waals surface area contributed by atoms with Crippen molar-refractivity contribution in [1.82, 2.24) is 0 Å². The summed E-state index contributed by atoms with van der Waals surface area (Å²) in [5, 5.41) is 0. The molecule has 1 aliphatic rings. The van der Waals surface area contributed by atoms with Crippen molar-refractivity contribution < 1.29 is 17.2 Å². The third kappa shape index (κ3) is 3.05. The predicted octanol–water partition coefficient (Wildman–Crippen LogP) is 1.26. The van der Waals surface area contributed by atoms with Crippen LogP contribution in [0.2, 0.25) is 0 Å². The molecule has 0 aliphatic carbocycles. The Morgan fingerprint density at radius 1 is 1.00 bits per heavy atom. The van der Waals surface area contributed by atoms with Crippen LogP contribution in [-0.4, -0.2) is 32.3 Å². The van der Waals surface area contributed by atoms with Gasteiger partial charge in [0.25, 0.3) is 0 Å². The molecule has 0 N–H and O–H groups in total. The van der Waals surface area contributed by atoms with Gasteiger partial charge in [-0.15, -0.1) is 0 Å². The van der Waals surface area contributed by atoms with Gasteiger partial charge in [-0.2, -0.15) is 0 Å². The summed E-state index contributed by atoms with van der Waals surface area (Å²) in [6.45, 7) is 0. The van der Waals surface area contributed by atoms with Gasteiger partial charge in [-0.3, -0.25) is 0 Å². The molecule has 1 fully saturated rings. The summed E-state index contributed by atoms with van der Waals surface area (Å²) in [6.07, 6.45) is -1.83. The van der Waals surface area contributed by atoms with Crippen molar-refractivity contribution in [2.75, 3.05) is 11.5 Å². The summed E-state index contributed by atoms with van der Waals surface area (Å²) in [4.78, 5) is 0. The van der Waals surface area contributed by atoms with Gasteiger partial charge < -0.3 is 0 Å². The zero-order valence-electron chi connectivity index (χ0n) is 6.67. The largest absolute Gasteiger partial charge is 0.246 e. The quantitative estimate of drug-likeness (QED) is 0.587. The molecule has 5 heteroatoms. The van der Waals surface area contributed by atoms with Crippen molar-refractivity contribution >= 4 is 9.84 Å². The summed E-state index contributed by atoms with van der Waals surface area (Å²) in [5.41, 5.74) is 0. The Labute approximate surface area is 70.9 Å². The molecule has 0 saturated carbocycles. The average molecular weight is 198 g/mol. The van der Waals surface area contributed by atoms with Gasteiger partial charge in [0.15, 0.2) is 9.84 Å². The maximum Gasteiger partial charge on any atom is 0.156 e. The summed E-state index contributed by atoms with van der Waals surface area (Å²) in [7, 11) is -3.49. The van der Waals surface area contributed by atoms with Gasteiger partial charge in [-0.1, -0.05) is 0 Å². The number of hydrogen-bond acceptors (Lipinski definition) is 2. The summed E-state index contributed by atoms with van der Waals surface area (Å²) >= 11 is 0. The van der Waals surface area contributed by atoms with E-state index in [-0.39, 0.29) is 12.8 Å². The van der Waals surface area contributed by atoms with Crippen LogP contribution < -0.4 is 0 Å². The van der Waals surface area contributed by atoms with E-state index in [0.717, 1.165) is 0 Å². The first-order valence-electron chi connectivity index (χ1n) is 3.98. The third-order valence-electron chi connectivity index (χ3n) is 1.90. The van der Waals surface area contributed by atoms with E-state index in [4.69, 9.17) is 0 Å². The van der Waals surface area contributed by atoms with Crippen molar-refractivity contribution in [1.29, 1.82) is 0 Å². The SMILES string of the molecule is O=S1(=O)CC(F)CCCC(F)C1. The van der Waals surface area contributed by atoms with Gasteiger partial charge in [0.2, 0.25) is 0 Å². The second-order valence-corrected chi connectivity index (χ2v) is 5.36. The van der Waals surface area contributed by atoms with Crippen LogP contribution in [0.1, 0.15) is 19.3 Å². The predicted molar refractivity (Wildman–Crippen MR) is 42.3 cm³/mol. The Morgan fingerprint density at radius 3 is 1.83 bits per heavy atom. The first kappa shape index (κ1) is 9.89. The Hall–Kier alpha value is -0.190. The van der Waals surface area contributed by atoms with Gasteiger partial charge >= 0.3 is 0 Å². The smallest absolute Gasteiger partial charge is 0.156 e. The van der Waals surface area contributed by atoms with Crippen molar-refractivity contribution in [3.05, 3.63) is 0 Å². The van der Waals surface area contributed by atoms with Crippen molar-refractivity contribution in [2.24, 2.45) is 0 Å². The molecule has 0 spiro atoms. The second kappa shape index (κ2) is 3.68. The lowest BCUT2D eigenvalue weighted by atomic mass is 10.1. The number of sulfone groups is 1. The molecule has 72 valence electrons. The van der Waals surface area contributed by atoms with E-state index < -0.39 is 33.7 Å². The highest BCUT2D eigenvalue weighted by Gasteiger charge is 2.26. The van der Waals surface area contributed by atoms with E-state index in [1.54, 1.807) is 0 Å². The molecule has 1 heterocycles. The molecule has 1 rings (SSSR count). The van der Waals surface area contributed by atoms with Crippen molar-refractivity contribution in [2.45, 2.75) is 31.6 Å². The highest BCUT2D eigenvalue weighted by molar-refractivity contribution is 7.91. The molecule has 0 amide bonds. The fraction of sp³-hybridized carbons (Fsp3) is 1.00. The van der Waals surface area contributed by atoms with E-state index in [9.17, 15) is 17.2 Å². The summed E-state index contributed by atoms with van der Waals surface area (Å²) < 4.78 is 47.4. The molecule has 0 aromatic heterocycles. The molecule has 1 aliphatic heterocycles. The molecule has 12 heavy (non-hydrogen) atoms. The molecule has 0 aromatic carbocycles. The van der Waals surface area contributed by atoms with E-state index in [1.807, 2.05) is 0 Å². The van der Waals surface area contributed by atoms with Crippen LogP contribution in [0.25, 0.3) is 0 Å². The maximum absolute atomic E-state index is 12.7. The minimum atomic E-state index is -3.49. The van der Waals surface area contributed by atoms with Crippen molar-refractivity contribution in [3.63, 3.8) is 0 Å².